The van der Waals surface area contributed by atoms with Crippen LogP contribution in [0.4, 0.5) is 5.69 Å². The molecule has 1 aliphatic rings. The molecule has 0 radical (unpaired) electrons. The van der Waals surface area contributed by atoms with Gasteiger partial charge in [0.05, 0.1) is 0 Å². The van der Waals surface area contributed by atoms with Crippen molar-refractivity contribution >= 4 is 11.6 Å². The van der Waals surface area contributed by atoms with Crippen molar-refractivity contribution in [2.45, 2.75) is 12.8 Å². The van der Waals surface area contributed by atoms with Crippen molar-refractivity contribution < 1.29 is 4.79 Å². The van der Waals surface area contributed by atoms with Crippen LogP contribution >= 0.6 is 0 Å². The number of piperidine rings is 1. The standard InChI is InChI=1S/C16H25N3O/c1-17-15-6-4-14(5-7-15)16(20)19(3)12-13-8-10-18(2)11-9-13/h4-7,13,17H,8-12H2,1-3H3. The molecular formula is C16H25N3O. The molecule has 0 atom stereocenters. The Bertz CT molecular complexity index is 436. The lowest BCUT2D eigenvalue weighted by Gasteiger charge is -2.31. The molecule has 1 aromatic rings. The van der Waals surface area contributed by atoms with Crippen molar-refractivity contribution in [1.29, 1.82) is 0 Å². The summed E-state index contributed by atoms with van der Waals surface area (Å²) >= 11 is 0. The molecule has 4 heteroatoms. The molecule has 0 aromatic heterocycles. The van der Waals surface area contributed by atoms with Crippen molar-refractivity contribution in [3.8, 4) is 0 Å². The maximum absolute atomic E-state index is 12.4. The Morgan fingerprint density at radius 1 is 1.30 bits per heavy atom. The van der Waals surface area contributed by atoms with E-state index >= 15 is 0 Å². The molecule has 1 N–H and O–H groups in total. The maximum Gasteiger partial charge on any atom is 0.253 e. The predicted octanol–water partition coefficient (Wildman–Crippen LogP) is 2.14. The van der Waals surface area contributed by atoms with E-state index in [9.17, 15) is 4.79 Å². The summed E-state index contributed by atoms with van der Waals surface area (Å²) in [5.74, 6) is 0.753. The fourth-order valence-electron chi connectivity index (χ4n) is 2.71. The summed E-state index contributed by atoms with van der Waals surface area (Å²) in [4.78, 5) is 16.6. The highest BCUT2D eigenvalue weighted by atomic mass is 16.2. The van der Waals surface area contributed by atoms with E-state index in [1.54, 1.807) is 0 Å². The fraction of sp³-hybridized carbons (Fsp3) is 0.562. The molecule has 1 aliphatic heterocycles. The molecule has 1 fully saturated rings. The third-order valence-corrected chi connectivity index (χ3v) is 4.14. The normalized spacial score (nSPS) is 16.9. The quantitative estimate of drug-likeness (QED) is 0.914. The maximum atomic E-state index is 12.4. The van der Waals surface area contributed by atoms with Gasteiger partial charge in [-0.3, -0.25) is 4.79 Å². The number of amides is 1. The van der Waals surface area contributed by atoms with Crippen molar-refractivity contribution in [2.75, 3.05) is 46.1 Å². The number of nitrogens with one attached hydrogen (secondary N) is 1. The monoisotopic (exact) mass is 275 g/mol. The largest absolute Gasteiger partial charge is 0.388 e. The van der Waals surface area contributed by atoms with Crippen molar-refractivity contribution in [3.05, 3.63) is 29.8 Å². The summed E-state index contributed by atoms with van der Waals surface area (Å²) in [5, 5.41) is 3.06. The third-order valence-electron chi connectivity index (χ3n) is 4.14. The molecule has 1 saturated heterocycles. The van der Waals surface area contributed by atoms with Gasteiger partial charge in [-0.25, -0.2) is 0 Å². The van der Waals surface area contributed by atoms with E-state index in [1.807, 2.05) is 43.3 Å². The number of benzene rings is 1. The molecule has 0 spiro atoms. The first-order valence-corrected chi connectivity index (χ1v) is 7.32. The zero-order chi connectivity index (χ0) is 14.5. The van der Waals surface area contributed by atoms with Crippen LogP contribution in [-0.2, 0) is 0 Å². The van der Waals surface area contributed by atoms with Crippen LogP contribution in [0.5, 0.6) is 0 Å². The van der Waals surface area contributed by atoms with Crippen LogP contribution in [0, 0.1) is 5.92 Å². The van der Waals surface area contributed by atoms with Gasteiger partial charge in [-0.1, -0.05) is 0 Å². The molecule has 20 heavy (non-hydrogen) atoms. The molecule has 110 valence electrons. The lowest BCUT2D eigenvalue weighted by Crippen LogP contribution is -2.37. The minimum atomic E-state index is 0.117. The Kier molecular flexibility index (Phi) is 5.01. The van der Waals surface area contributed by atoms with E-state index in [1.165, 1.54) is 12.8 Å². The average Bonchev–Trinajstić information content (AvgIpc) is 2.49. The highest BCUT2D eigenvalue weighted by Crippen LogP contribution is 2.18. The summed E-state index contributed by atoms with van der Waals surface area (Å²) in [6.45, 7) is 3.15. The zero-order valence-electron chi connectivity index (χ0n) is 12.7. The minimum absolute atomic E-state index is 0.117. The molecule has 0 aliphatic carbocycles. The number of carbonyl (C=O) groups excluding carboxylic acids is 1. The van der Waals surface area contributed by atoms with E-state index in [0.29, 0.717) is 5.92 Å². The van der Waals surface area contributed by atoms with Crippen LogP contribution in [0.2, 0.25) is 0 Å². The van der Waals surface area contributed by atoms with Gasteiger partial charge in [0.15, 0.2) is 0 Å². The molecule has 4 nitrogen and oxygen atoms in total. The summed E-state index contributed by atoms with van der Waals surface area (Å²) in [6, 6.07) is 7.66. The van der Waals surface area contributed by atoms with Gasteiger partial charge in [0.2, 0.25) is 0 Å². The first-order chi connectivity index (χ1) is 9.60. The molecule has 1 aromatic carbocycles. The van der Waals surface area contributed by atoms with Gasteiger partial charge >= 0.3 is 0 Å². The van der Waals surface area contributed by atoms with Gasteiger partial charge in [-0.15, -0.1) is 0 Å². The van der Waals surface area contributed by atoms with Crippen LogP contribution in [0.25, 0.3) is 0 Å². The number of anilines is 1. The molecule has 1 heterocycles. The number of carbonyl (C=O) groups is 1. The highest BCUT2D eigenvalue weighted by molar-refractivity contribution is 5.94. The second-order valence-corrected chi connectivity index (χ2v) is 5.76. The number of hydrogen-bond donors (Lipinski definition) is 1. The van der Waals surface area contributed by atoms with Gasteiger partial charge in [-0.2, -0.15) is 0 Å². The Labute approximate surface area is 121 Å². The first-order valence-electron chi connectivity index (χ1n) is 7.32. The SMILES string of the molecule is CNc1ccc(C(=O)N(C)CC2CCN(C)CC2)cc1. The van der Waals surface area contributed by atoms with Crippen LogP contribution in [0.3, 0.4) is 0 Å². The Morgan fingerprint density at radius 2 is 1.90 bits per heavy atom. The Hall–Kier alpha value is -1.55. The van der Waals surface area contributed by atoms with E-state index < -0.39 is 0 Å². The van der Waals surface area contributed by atoms with Crippen LogP contribution < -0.4 is 5.32 Å². The second kappa shape index (κ2) is 6.75. The number of hydrogen-bond acceptors (Lipinski definition) is 3. The third kappa shape index (κ3) is 3.73. The minimum Gasteiger partial charge on any atom is -0.388 e. The molecule has 0 bridgehead atoms. The smallest absolute Gasteiger partial charge is 0.253 e. The van der Waals surface area contributed by atoms with Crippen LogP contribution in [0.1, 0.15) is 23.2 Å². The Morgan fingerprint density at radius 3 is 2.45 bits per heavy atom. The Balaban J connectivity index is 1.90. The summed E-state index contributed by atoms with van der Waals surface area (Å²) in [7, 11) is 5.95. The van der Waals surface area contributed by atoms with E-state index in [4.69, 9.17) is 0 Å². The van der Waals surface area contributed by atoms with Crippen molar-refractivity contribution in [2.24, 2.45) is 5.92 Å². The van der Waals surface area contributed by atoms with E-state index in [-0.39, 0.29) is 5.91 Å². The summed E-state index contributed by atoms with van der Waals surface area (Å²) in [5.41, 5.74) is 1.79. The molecule has 1 amide bonds. The van der Waals surface area contributed by atoms with E-state index in [2.05, 4.69) is 17.3 Å². The van der Waals surface area contributed by atoms with Gasteiger partial charge in [-0.05, 0) is 63.2 Å². The van der Waals surface area contributed by atoms with Crippen LogP contribution in [-0.4, -0.2) is 56.5 Å². The van der Waals surface area contributed by atoms with Crippen molar-refractivity contribution in [3.63, 3.8) is 0 Å². The average molecular weight is 275 g/mol. The second-order valence-electron chi connectivity index (χ2n) is 5.76. The highest BCUT2D eigenvalue weighted by Gasteiger charge is 2.20. The summed E-state index contributed by atoms with van der Waals surface area (Å²) in [6.07, 6.45) is 2.37. The molecule has 0 unspecified atom stereocenters. The number of nitrogens with zero attached hydrogens (tertiary/aromatic N) is 2. The fourth-order valence-corrected chi connectivity index (χ4v) is 2.71. The topological polar surface area (TPSA) is 35.6 Å². The summed E-state index contributed by atoms with van der Waals surface area (Å²) < 4.78 is 0. The first kappa shape index (κ1) is 14.9. The van der Waals surface area contributed by atoms with Gasteiger partial charge in [0.1, 0.15) is 0 Å². The molecule has 2 rings (SSSR count). The van der Waals surface area contributed by atoms with Gasteiger partial charge < -0.3 is 15.1 Å². The predicted molar refractivity (Wildman–Crippen MR) is 83.2 cm³/mol. The van der Waals surface area contributed by atoms with Gasteiger partial charge in [0, 0.05) is 31.9 Å². The van der Waals surface area contributed by atoms with Crippen molar-refractivity contribution in [1.82, 2.24) is 9.80 Å². The number of rotatable bonds is 4. The lowest BCUT2D eigenvalue weighted by atomic mass is 9.96. The molecule has 0 saturated carbocycles. The lowest BCUT2D eigenvalue weighted by molar-refractivity contribution is 0.0747. The molecular weight excluding hydrogens is 250 g/mol. The zero-order valence-corrected chi connectivity index (χ0v) is 12.7. The van der Waals surface area contributed by atoms with E-state index in [0.717, 1.165) is 30.9 Å². The van der Waals surface area contributed by atoms with Crippen LogP contribution in [0.15, 0.2) is 24.3 Å². The van der Waals surface area contributed by atoms with Gasteiger partial charge in [0.25, 0.3) is 5.91 Å². The number of likely N-dealkylation sites (tertiary alicyclic amines) is 1.